The van der Waals surface area contributed by atoms with Gasteiger partial charge in [0, 0.05) is 12.6 Å². The Bertz CT molecular complexity index is 153. The van der Waals surface area contributed by atoms with Crippen molar-refractivity contribution in [2.45, 2.75) is 77.4 Å². The van der Waals surface area contributed by atoms with Gasteiger partial charge in [0.15, 0.2) is 0 Å². The van der Waals surface area contributed by atoms with Crippen LogP contribution in [-0.2, 0) is 4.74 Å². The fourth-order valence-electron chi connectivity index (χ4n) is 1.70. The van der Waals surface area contributed by atoms with Crippen LogP contribution in [-0.4, -0.2) is 30.5 Å². The van der Waals surface area contributed by atoms with Crippen LogP contribution in [0.25, 0.3) is 0 Å². The third-order valence-electron chi connectivity index (χ3n) is 3.09. The third kappa shape index (κ3) is 12.1. The highest BCUT2D eigenvalue weighted by Gasteiger charge is 2.04. The van der Waals surface area contributed by atoms with E-state index in [1.54, 1.807) is 0 Å². The van der Waals surface area contributed by atoms with Crippen LogP contribution in [0.3, 0.4) is 0 Å². The van der Waals surface area contributed by atoms with Gasteiger partial charge in [-0.2, -0.15) is 0 Å². The molecule has 3 nitrogen and oxygen atoms in total. The number of aliphatic hydroxyl groups is 1. The number of rotatable bonds is 12. The van der Waals surface area contributed by atoms with Crippen molar-refractivity contribution in [1.82, 2.24) is 0 Å². The predicted molar refractivity (Wildman–Crippen MR) is 73.1 cm³/mol. The normalized spacial score (nSPS) is 14.8. The van der Waals surface area contributed by atoms with Crippen molar-refractivity contribution in [2.24, 2.45) is 5.73 Å². The smallest absolute Gasteiger partial charge is 0.0617 e. The quantitative estimate of drug-likeness (QED) is 0.520. The van der Waals surface area contributed by atoms with Crippen molar-refractivity contribution in [2.75, 3.05) is 13.2 Å². The molecule has 104 valence electrons. The number of ether oxygens (including phenoxy) is 1. The zero-order chi connectivity index (χ0) is 12.9. The highest BCUT2D eigenvalue weighted by molar-refractivity contribution is 4.58. The second-order valence-electron chi connectivity index (χ2n) is 4.89. The Kier molecular flexibility index (Phi) is 12.3. The Morgan fingerprint density at radius 3 is 2.41 bits per heavy atom. The van der Waals surface area contributed by atoms with Gasteiger partial charge >= 0.3 is 0 Å². The van der Waals surface area contributed by atoms with Crippen molar-refractivity contribution in [3.63, 3.8) is 0 Å². The lowest BCUT2D eigenvalue weighted by Gasteiger charge is -2.12. The van der Waals surface area contributed by atoms with Crippen LogP contribution >= 0.6 is 0 Å². The van der Waals surface area contributed by atoms with Crippen molar-refractivity contribution in [1.29, 1.82) is 0 Å². The van der Waals surface area contributed by atoms with Gasteiger partial charge in [0.25, 0.3) is 0 Å². The molecular formula is C14H31NO2. The first-order chi connectivity index (χ1) is 8.20. The van der Waals surface area contributed by atoms with Gasteiger partial charge < -0.3 is 15.6 Å². The van der Waals surface area contributed by atoms with Crippen LogP contribution in [0, 0.1) is 0 Å². The summed E-state index contributed by atoms with van der Waals surface area (Å²) in [5, 5.41) is 9.72. The molecule has 0 spiro atoms. The van der Waals surface area contributed by atoms with E-state index >= 15 is 0 Å². The molecule has 0 saturated carbocycles. The third-order valence-corrected chi connectivity index (χ3v) is 3.09. The lowest BCUT2D eigenvalue weighted by Crippen LogP contribution is -2.25. The van der Waals surface area contributed by atoms with Crippen molar-refractivity contribution < 1.29 is 9.84 Å². The van der Waals surface area contributed by atoms with Gasteiger partial charge in [0.05, 0.1) is 12.7 Å². The summed E-state index contributed by atoms with van der Waals surface area (Å²) in [5.41, 5.74) is 5.73. The van der Waals surface area contributed by atoms with E-state index in [2.05, 4.69) is 13.8 Å². The second-order valence-corrected chi connectivity index (χ2v) is 4.89. The molecule has 0 bridgehead atoms. The lowest BCUT2D eigenvalue weighted by atomic mass is 10.1. The Morgan fingerprint density at radius 2 is 1.76 bits per heavy atom. The highest BCUT2D eigenvalue weighted by Crippen LogP contribution is 2.09. The van der Waals surface area contributed by atoms with Crippen LogP contribution in [0.4, 0.5) is 0 Å². The second kappa shape index (κ2) is 12.3. The van der Waals surface area contributed by atoms with Crippen LogP contribution in [0.5, 0.6) is 0 Å². The van der Waals surface area contributed by atoms with Gasteiger partial charge in [-0.15, -0.1) is 0 Å². The minimum atomic E-state index is -0.200. The molecule has 0 aliphatic rings. The van der Waals surface area contributed by atoms with Gasteiger partial charge in [-0.05, 0) is 19.3 Å². The largest absolute Gasteiger partial charge is 0.393 e. The average Bonchev–Trinajstić information content (AvgIpc) is 2.34. The maximum atomic E-state index is 9.72. The first-order valence-electron chi connectivity index (χ1n) is 7.22. The molecule has 0 saturated heterocycles. The minimum Gasteiger partial charge on any atom is -0.393 e. The molecule has 0 radical (unpaired) electrons. The van der Waals surface area contributed by atoms with E-state index in [1.165, 1.54) is 25.7 Å². The monoisotopic (exact) mass is 245 g/mol. The average molecular weight is 245 g/mol. The molecule has 0 aliphatic carbocycles. The molecule has 0 fully saturated rings. The van der Waals surface area contributed by atoms with Crippen LogP contribution in [0.1, 0.15) is 65.2 Å². The summed E-state index contributed by atoms with van der Waals surface area (Å²) >= 11 is 0. The molecule has 0 aromatic carbocycles. The summed E-state index contributed by atoms with van der Waals surface area (Å²) in [5.74, 6) is 0. The molecule has 0 aromatic heterocycles. The maximum Gasteiger partial charge on any atom is 0.0617 e. The Morgan fingerprint density at radius 1 is 1.06 bits per heavy atom. The molecule has 0 aliphatic heterocycles. The number of hydrogen-bond donors (Lipinski definition) is 2. The topological polar surface area (TPSA) is 55.5 Å². The van der Waals surface area contributed by atoms with E-state index in [4.69, 9.17) is 10.5 Å². The highest BCUT2D eigenvalue weighted by atomic mass is 16.5. The van der Waals surface area contributed by atoms with E-state index in [-0.39, 0.29) is 12.1 Å². The van der Waals surface area contributed by atoms with Crippen molar-refractivity contribution in [3.8, 4) is 0 Å². The summed E-state index contributed by atoms with van der Waals surface area (Å²) < 4.78 is 5.42. The molecule has 0 aromatic rings. The maximum absolute atomic E-state index is 9.72. The number of hydrogen-bond acceptors (Lipinski definition) is 3. The summed E-state index contributed by atoms with van der Waals surface area (Å²) in [7, 11) is 0. The Labute approximate surface area is 107 Å². The molecule has 3 N–H and O–H groups in total. The fourth-order valence-corrected chi connectivity index (χ4v) is 1.70. The molecule has 2 atom stereocenters. The van der Waals surface area contributed by atoms with E-state index in [9.17, 15) is 5.11 Å². The molecule has 17 heavy (non-hydrogen) atoms. The summed E-state index contributed by atoms with van der Waals surface area (Å²) in [4.78, 5) is 0. The van der Waals surface area contributed by atoms with Crippen LogP contribution < -0.4 is 5.73 Å². The van der Waals surface area contributed by atoms with E-state index < -0.39 is 0 Å². The molecular weight excluding hydrogens is 214 g/mol. The first kappa shape index (κ1) is 16.9. The van der Waals surface area contributed by atoms with Gasteiger partial charge in [-0.3, -0.25) is 0 Å². The van der Waals surface area contributed by atoms with E-state index in [0.717, 1.165) is 25.7 Å². The number of aliphatic hydroxyl groups excluding tert-OH is 1. The SMILES string of the molecule is CCCCCCCC(O)CCOCC(N)CC. The summed E-state index contributed by atoms with van der Waals surface area (Å²) in [6, 6.07) is 0.140. The van der Waals surface area contributed by atoms with E-state index in [0.29, 0.717) is 13.2 Å². The van der Waals surface area contributed by atoms with Gasteiger partial charge in [-0.1, -0.05) is 46.0 Å². The summed E-state index contributed by atoms with van der Waals surface area (Å²) in [6.07, 6.45) is 8.65. The number of nitrogens with two attached hydrogens (primary N) is 1. The van der Waals surface area contributed by atoms with E-state index in [1.807, 2.05) is 0 Å². The lowest BCUT2D eigenvalue weighted by molar-refractivity contribution is 0.0701. The molecule has 2 unspecified atom stereocenters. The zero-order valence-electron chi connectivity index (χ0n) is 11.7. The standard InChI is InChI=1S/C14H31NO2/c1-3-5-6-7-8-9-14(16)10-11-17-12-13(15)4-2/h13-14,16H,3-12,15H2,1-2H3. The van der Waals surface area contributed by atoms with Gasteiger partial charge in [0.2, 0.25) is 0 Å². The minimum absolute atomic E-state index is 0.140. The van der Waals surface area contributed by atoms with Crippen LogP contribution in [0.15, 0.2) is 0 Å². The van der Waals surface area contributed by atoms with Crippen LogP contribution in [0.2, 0.25) is 0 Å². The number of unbranched alkanes of at least 4 members (excludes halogenated alkanes) is 4. The first-order valence-corrected chi connectivity index (χ1v) is 7.22. The Hall–Kier alpha value is -0.120. The van der Waals surface area contributed by atoms with Gasteiger partial charge in [-0.25, -0.2) is 0 Å². The predicted octanol–water partition coefficient (Wildman–Crippen LogP) is 2.85. The molecule has 3 heteroatoms. The molecule has 0 amide bonds. The fraction of sp³-hybridized carbons (Fsp3) is 1.00. The van der Waals surface area contributed by atoms with Crippen molar-refractivity contribution >= 4 is 0 Å². The van der Waals surface area contributed by atoms with Crippen molar-refractivity contribution in [3.05, 3.63) is 0 Å². The Balaban J connectivity index is 3.20. The molecule has 0 heterocycles. The van der Waals surface area contributed by atoms with Gasteiger partial charge in [0.1, 0.15) is 0 Å². The zero-order valence-corrected chi connectivity index (χ0v) is 11.7. The molecule has 0 rings (SSSR count). The summed E-state index contributed by atoms with van der Waals surface area (Å²) in [6.45, 7) is 5.51.